The minimum atomic E-state index is -2.45. The second kappa shape index (κ2) is 9.00. The smallest absolute Gasteiger partial charge is 0.391 e. The summed E-state index contributed by atoms with van der Waals surface area (Å²) in [5, 5.41) is 34.0. The lowest BCUT2D eigenvalue weighted by atomic mass is 10.1. The molecule has 1 rings (SSSR count). The summed E-state index contributed by atoms with van der Waals surface area (Å²) in [6, 6.07) is 6.07. The van der Waals surface area contributed by atoms with E-state index in [1.807, 2.05) is 0 Å². The number of benzene rings is 1. The molecule has 0 saturated carbocycles. The molecule has 0 atom stereocenters. The zero-order chi connectivity index (χ0) is 14.9. The van der Waals surface area contributed by atoms with Gasteiger partial charge in [0.1, 0.15) is 0 Å². The molecule has 0 spiro atoms. The van der Waals surface area contributed by atoms with Crippen molar-refractivity contribution in [1.82, 2.24) is 0 Å². The molecule has 0 bridgehead atoms. The highest BCUT2D eigenvalue weighted by Gasteiger charge is 2.20. The van der Waals surface area contributed by atoms with Crippen LogP contribution in [0.2, 0.25) is 0 Å². The van der Waals surface area contributed by atoms with E-state index in [0.29, 0.717) is 0 Å². The maximum Gasteiger partial charge on any atom is 0.391 e. The Labute approximate surface area is 111 Å². The standard InChI is InChI=1S/C6H7O4P.C4H11NO3/c7-5-3-1-2-4-6(5)10-11(8)9;5-4(1-6,2-7)3-8/h1-4,7-9H;6-8H,1-3,5H2. The lowest BCUT2D eigenvalue weighted by Crippen LogP contribution is -2.50. The van der Waals surface area contributed by atoms with Crippen LogP contribution in [0.1, 0.15) is 0 Å². The zero-order valence-electron chi connectivity index (χ0n) is 10.0. The molecule has 1 aromatic carbocycles. The molecule has 110 valence electrons. The minimum Gasteiger partial charge on any atom is -0.504 e. The van der Waals surface area contributed by atoms with Crippen molar-refractivity contribution in [2.45, 2.75) is 5.54 Å². The molecular formula is C10H18NO7P. The van der Waals surface area contributed by atoms with E-state index >= 15 is 0 Å². The van der Waals surface area contributed by atoms with Crippen LogP contribution in [0.15, 0.2) is 24.3 Å². The topological polar surface area (TPSA) is 157 Å². The van der Waals surface area contributed by atoms with Gasteiger partial charge in [-0.2, -0.15) is 0 Å². The van der Waals surface area contributed by atoms with Crippen LogP contribution in [0, 0.1) is 0 Å². The quantitative estimate of drug-likeness (QED) is 0.328. The van der Waals surface area contributed by atoms with E-state index in [-0.39, 0.29) is 11.5 Å². The number of phenols is 1. The Balaban J connectivity index is 0.000000362. The van der Waals surface area contributed by atoms with E-state index in [4.69, 9.17) is 35.9 Å². The number of nitrogens with two attached hydrogens (primary N) is 1. The van der Waals surface area contributed by atoms with Gasteiger partial charge in [0.2, 0.25) is 0 Å². The van der Waals surface area contributed by atoms with E-state index in [2.05, 4.69) is 4.52 Å². The third-order valence-corrected chi connectivity index (χ3v) is 2.35. The number of rotatable bonds is 5. The Morgan fingerprint density at radius 2 is 1.53 bits per heavy atom. The molecule has 0 aliphatic heterocycles. The van der Waals surface area contributed by atoms with Crippen LogP contribution < -0.4 is 10.3 Å². The van der Waals surface area contributed by atoms with Crippen LogP contribution >= 0.6 is 8.60 Å². The van der Waals surface area contributed by atoms with E-state index in [9.17, 15) is 0 Å². The van der Waals surface area contributed by atoms with E-state index in [0.717, 1.165) is 0 Å². The van der Waals surface area contributed by atoms with Crippen LogP contribution in [0.4, 0.5) is 0 Å². The summed E-state index contributed by atoms with van der Waals surface area (Å²) in [6.07, 6.45) is 0. The van der Waals surface area contributed by atoms with Gasteiger partial charge in [0.25, 0.3) is 0 Å². The van der Waals surface area contributed by atoms with Gasteiger partial charge in [0.15, 0.2) is 11.5 Å². The third kappa shape index (κ3) is 7.24. The summed E-state index contributed by atoms with van der Waals surface area (Å²) in [6.45, 7) is -1.21. The highest BCUT2D eigenvalue weighted by Crippen LogP contribution is 2.34. The second-order valence-electron chi connectivity index (χ2n) is 3.65. The number of para-hydroxylation sites is 2. The first-order chi connectivity index (χ1) is 8.88. The van der Waals surface area contributed by atoms with E-state index in [1.165, 1.54) is 12.1 Å². The normalized spacial score (nSPS) is 10.9. The predicted molar refractivity (Wildman–Crippen MR) is 68.3 cm³/mol. The minimum absolute atomic E-state index is 0.0728. The Morgan fingerprint density at radius 1 is 1.05 bits per heavy atom. The number of hydrogen-bond acceptors (Lipinski definition) is 8. The van der Waals surface area contributed by atoms with Crippen molar-refractivity contribution < 1.29 is 34.7 Å². The largest absolute Gasteiger partial charge is 0.504 e. The van der Waals surface area contributed by atoms with Crippen molar-refractivity contribution in [3.05, 3.63) is 24.3 Å². The Bertz CT molecular complexity index is 351. The van der Waals surface area contributed by atoms with Crippen molar-refractivity contribution in [1.29, 1.82) is 0 Å². The Morgan fingerprint density at radius 3 is 1.84 bits per heavy atom. The fourth-order valence-electron chi connectivity index (χ4n) is 0.772. The summed E-state index contributed by atoms with van der Waals surface area (Å²) in [5.41, 5.74) is 3.94. The summed E-state index contributed by atoms with van der Waals surface area (Å²) in [5.74, 6) is -0.0355. The molecule has 0 radical (unpaired) electrons. The fourth-order valence-corrected chi connectivity index (χ4v) is 1.10. The van der Waals surface area contributed by atoms with Gasteiger partial charge in [-0.1, -0.05) is 12.1 Å². The van der Waals surface area contributed by atoms with Gasteiger partial charge < -0.3 is 40.5 Å². The van der Waals surface area contributed by atoms with Crippen LogP contribution in [0.5, 0.6) is 11.5 Å². The summed E-state index contributed by atoms with van der Waals surface area (Å²) < 4.78 is 4.47. The molecule has 0 heterocycles. The number of aliphatic hydroxyl groups excluding tert-OH is 3. The highest BCUT2D eigenvalue weighted by atomic mass is 31.2. The maximum absolute atomic E-state index is 9.02. The Kier molecular flexibility index (Phi) is 8.53. The zero-order valence-corrected chi connectivity index (χ0v) is 10.9. The van der Waals surface area contributed by atoms with Gasteiger partial charge in [-0.25, -0.2) is 0 Å². The predicted octanol–water partition coefficient (Wildman–Crippen LogP) is -1.36. The average Bonchev–Trinajstić information content (AvgIpc) is 2.41. The van der Waals surface area contributed by atoms with Crippen molar-refractivity contribution in [3.63, 3.8) is 0 Å². The van der Waals surface area contributed by atoms with Gasteiger partial charge in [-0.15, -0.1) is 0 Å². The monoisotopic (exact) mass is 295 g/mol. The van der Waals surface area contributed by atoms with Gasteiger partial charge >= 0.3 is 8.60 Å². The van der Waals surface area contributed by atoms with Gasteiger partial charge in [-0.05, 0) is 12.1 Å². The first-order valence-electron chi connectivity index (χ1n) is 5.14. The highest BCUT2D eigenvalue weighted by molar-refractivity contribution is 7.39. The molecule has 0 unspecified atom stereocenters. The van der Waals surface area contributed by atoms with Gasteiger partial charge in [0, 0.05) is 0 Å². The molecule has 9 heteroatoms. The number of phenolic OH excluding ortho intramolecular Hbond substituents is 1. The Hall–Kier alpha value is -0.990. The SMILES string of the molecule is NC(CO)(CO)CO.Oc1ccccc1OP(O)O. The molecule has 19 heavy (non-hydrogen) atoms. The molecule has 0 aromatic heterocycles. The second-order valence-corrected chi connectivity index (χ2v) is 4.34. The van der Waals surface area contributed by atoms with Crippen molar-refractivity contribution in [2.24, 2.45) is 5.73 Å². The third-order valence-electron chi connectivity index (χ3n) is 1.99. The molecule has 8 N–H and O–H groups in total. The molecule has 0 fully saturated rings. The lowest BCUT2D eigenvalue weighted by Gasteiger charge is -2.20. The van der Waals surface area contributed by atoms with Crippen LogP contribution in [0.25, 0.3) is 0 Å². The van der Waals surface area contributed by atoms with Crippen LogP contribution in [-0.4, -0.2) is 55.6 Å². The fraction of sp³-hybridized carbons (Fsp3) is 0.400. The first-order valence-corrected chi connectivity index (χ1v) is 6.30. The molecule has 0 aliphatic rings. The summed E-state index contributed by atoms with van der Waals surface area (Å²) in [4.78, 5) is 16.8. The average molecular weight is 295 g/mol. The van der Waals surface area contributed by atoms with Gasteiger partial charge in [0.05, 0.1) is 25.4 Å². The van der Waals surface area contributed by atoms with Gasteiger partial charge in [-0.3, -0.25) is 0 Å². The summed E-state index contributed by atoms with van der Waals surface area (Å²) in [7, 11) is -2.45. The van der Waals surface area contributed by atoms with Crippen molar-refractivity contribution in [2.75, 3.05) is 19.8 Å². The van der Waals surface area contributed by atoms with Crippen molar-refractivity contribution in [3.8, 4) is 11.5 Å². The molecule has 0 amide bonds. The molecular weight excluding hydrogens is 277 g/mol. The summed E-state index contributed by atoms with van der Waals surface area (Å²) >= 11 is 0. The number of hydrogen-bond donors (Lipinski definition) is 7. The van der Waals surface area contributed by atoms with E-state index < -0.39 is 34.0 Å². The maximum atomic E-state index is 9.02. The number of aliphatic hydroxyl groups is 3. The first kappa shape index (κ1) is 18.0. The molecule has 0 aliphatic carbocycles. The molecule has 8 nitrogen and oxygen atoms in total. The van der Waals surface area contributed by atoms with Crippen molar-refractivity contribution >= 4 is 8.60 Å². The number of aromatic hydroxyl groups is 1. The van der Waals surface area contributed by atoms with Crippen LogP contribution in [0.3, 0.4) is 0 Å². The molecule has 1 aromatic rings. The lowest BCUT2D eigenvalue weighted by molar-refractivity contribution is 0.0697. The molecule has 0 saturated heterocycles. The van der Waals surface area contributed by atoms with E-state index in [1.54, 1.807) is 12.1 Å². The van der Waals surface area contributed by atoms with Crippen LogP contribution in [-0.2, 0) is 0 Å².